The summed E-state index contributed by atoms with van der Waals surface area (Å²) in [6.45, 7) is 2.03. The molecule has 1 saturated heterocycles. The molecule has 0 aromatic heterocycles. The number of hydrazine groups is 1. The normalized spacial score (nSPS) is 20.0. The number of nitrogens with zero attached hydrogens (tertiary/aromatic N) is 2. The molecule has 3 amide bonds. The Hall–Kier alpha value is -3.55. The van der Waals surface area contributed by atoms with Crippen molar-refractivity contribution < 1.29 is 45.2 Å². The van der Waals surface area contributed by atoms with E-state index in [1.54, 1.807) is 0 Å². The number of rotatable bonds is 4. The molecule has 2 aliphatic heterocycles. The monoisotopic (exact) mass is 552 g/mol. The summed E-state index contributed by atoms with van der Waals surface area (Å²) in [5, 5.41) is 5.80. The molecule has 0 radical (unpaired) electrons. The predicted molar refractivity (Wildman–Crippen MR) is 115 cm³/mol. The third-order valence-corrected chi connectivity index (χ3v) is 6.15. The Kier molecular flexibility index (Phi) is 6.51. The molecule has 1 fully saturated rings. The first kappa shape index (κ1) is 26.5. The number of hydrogen-bond donors (Lipinski definition) is 2. The van der Waals surface area contributed by atoms with E-state index in [2.05, 4.69) is 20.7 Å². The van der Waals surface area contributed by atoms with E-state index in [0.717, 1.165) is 5.01 Å². The van der Waals surface area contributed by atoms with E-state index >= 15 is 0 Å². The number of halogens is 8. The Bertz CT molecular complexity index is 1310. The van der Waals surface area contributed by atoms with Gasteiger partial charge in [-0.1, -0.05) is 22.8 Å². The minimum Gasteiger partial charge on any atom is -0.374 e. The van der Waals surface area contributed by atoms with Gasteiger partial charge in [0.2, 0.25) is 0 Å². The molecule has 0 bridgehead atoms. The minimum absolute atomic E-state index is 0.000350. The molecule has 2 N–H and O–H groups in total. The Morgan fingerprint density at radius 3 is 2.46 bits per heavy atom. The zero-order valence-corrected chi connectivity index (χ0v) is 19.4. The Balaban J connectivity index is 1.66. The van der Waals surface area contributed by atoms with Gasteiger partial charge >= 0.3 is 18.4 Å². The van der Waals surface area contributed by atoms with Crippen LogP contribution in [0.3, 0.4) is 0 Å². The highest BCUT2D eigenvalue weighted by atomic mass is 35.5. The van der Waals surface area contributed by atoms with E-state index in [1.807, 2.05) is 0 Å². The van der Waals surface area contributed by atoms with E-state index in [1.165, 1.54) is 25.1 Å². The summed E-state index contributed by atoms with van der Waals surface area (Å²) in [5.41, 5.74) is -4.15. The second kappa shape index (κ2) is 9.08. The molecule has 4 rings (SSSR count). The molecule has 2 heterocycles. The van der Waals surface area contributed by atoms with Crippen molar-refractivity contribution in [2.45, 2.75) is 31.3 Å². The average Bonchev–Trinajstić information content (AvgIpc) is 3.42. The number of benzene rings is 2. The van der Waals surface area contributed by atoms with Gasteiger partial charge in [-0.25, -0.2) is 14.2 Å². The third-order valence-electron chi connectivity index (χ3n) is 5.87. The average molecular weight is 553 g/mol. The van der Waals surface area contributed by atoms with E-state index in [-0.39, 0.29) is 41.1 Å². The van der Waals surface area contributed by atoms with Gasteiger partial charge in [-0.15, -0.1) is 0 Å². The van der Waals surface area contributed by atoms with Crippen molar-refractivity contribution in [3.63, 3.8) is 0 Å². The number of carbonyl (C=O) groups is 2. The minimum atomic E-state index is -5.39. The lowest BCUT2D eigenvalue weighted by Crippen LogP contribution is -2.44. The molecule has 198 valence electrons. The zero-order valence-electron chi connectivity index (χ0n) is 18.7. The maximum Gasteiger partial charge on any atom is 0.435 e. The Morgan fingerprint density at radius 1 is 1.19 bits per heavy atom. The molecule has 0 spiro atoms. The first-order valence-corrected chi connectivity index (χ1v) is 10.9. The summed E-state index contributed by atoms with van der Waals surface area (Å²) < 4.78 is 97.1. The molecule has 2 aliphatic rings. The van der Waals surface area contributed by atoms with Crippen molar-refractivity contribution >= 4 is 29.3 Å². The van der Waals surface area contributed by atoms with Crippen LogP contribution in [0.2, 0.25) is 5.02 Å². The molecule has 7 nitrogen and oxygen atoms in total. The quantitative estimate of drug-likeness (QED) is 0.520. The number of amides is 3. The molecule has 37 heavy (non-hydrogen) atoms. The van der Waals surface area contributed by atoms with Crippen LogP contribution in [0.4, 0.5) is 35.5 Å². The number of nitrogens with one attached hydrogen (secondary N) is 2. The molecule has 15 heteroatoms. The molecule has 2 aromatic carbocycles. The van der Waals surface area contributed by atoms with Crippen LogP contribution in [0.1, 0.15) is 39.0 Å². The third kappa shape index (κ3) is 4.77. The highest BCUT2D eigenvalue weighted by Gasteiger charge is 2.64. The van der Waals surface area contributed by atoms with Gasteiger partial charge in [-0.2, -0.15) is 26.3 Å². The van der Waals surface area contributed by atoms with Crippen LogP contribution in [0.15, 0.2) is 35.5 Å². The number of oxime groups is 1. The maximum absolute atomic E-state index is 14.7. The van der Waals surface area contributed by atoms with Crippen LogP contribution in [-0.4, -0.2) is 41.9 Å². The summed E-state index contributed by atoms with van der Waals surface area (Å²) in [6.07, 6.45) is -11.7. The van der Waals surface area contributed by atoms with Gasteiger partial charge in [0.15, 0.2) is 0 Å². The van der Waals surface area contributed by atoms with Crippen molar-refractivity contribution in [2.75, 3.05) is 13.1 Å². The van der Waals surface area contributed by atoms with Crippen molar-refractivity contribution in [1.82, 2.24) is 15.8 Å². The van der Waals surface area contributed by atoms with E-state index in [9.17, 15) is 40.3 Å². The Labute approximate surface area is 209 Å². The lowest BCUT2D eigenvalue weighted by atomic mass is 9.85. The maximum atomic E-state index is 14.7. The standard InChI is InChI=1S/C22H16ClF7N4O3/c1-10-6-11(2-3-13(10)18(35)32-34-5-4-31-19(34)36)16-9-20(37-33-16,22(28,29)30)14-7-12(21(25,26)27)8-15(23)17(14)24/h2-3,6-8H,4-5,9H2,1H3,(H,31,36)(H,32,35)/t20-/m1/s1. The van der Waals surface area contributed by atoms with E-state index in [0.29, 0.717) is 6.54 Å². The van der Waals surface area contributed by atoms with Crippen LogP contribution in [-0.2, 0) is 16.6 Å². The number of aryl methyl sites for hydroxylation is 1. The van der Waals surface area contributed by atoms with Crippen molar-refractivity contribution in [2.24, 2.45) is 5.16 Å². The Morgan fingerprint density at radius 2 is 1.89 bits per heavy atom. The molecular formula is C22H16ClF7N4O3. The summed E-state index contributed by atoms with van der Waals surface area (Å²) in [7, 11) is 0. The van der Waals surface area contributed by atoms with Gasteiger partial charge in [0, 0.05) is 17.7 Å². The smallest absolute Gasteiger partial charge is 0.374 e. The lowest BCUT2D eigenvalue weighted by Gasteiger charge is -2.30. The molecule has 1 atom stereocenters. The predicted octanol–water partition coefficient (Wildman–Crippen LogP) is 5.06. The number of hydrogen-bond acceptors (Lipinski definition) is 4. The summed E-state index contributed by atoms with van der Waals surface area (Å²) in [4.78, 5) is 28.8. The fraction of sp³-hybridized carbons (Fsp3) is 0.318. The van der Waals surface area contributed by atoms with Gasteiger partial charge in [-0.05, 0) is 42.3 Å². The number of urea groups is 1. The molecular weight excluding hydrogens is 537 g/mol. The molecule has 0 aliphatic carbocycles. The van der Waals surface area contributed by atoms with Crippen molar-refractivity contribution in [1.29, 1.82) is 0 Å². The summed E-state index contributed by atoms with van der Waals surface area (Å²) in [5.74, 6) is -2.38. The zero-order chi connectivity index (χ0) is 27.3. The van der Waals surface area contributed by atoms with Crippen LogP contribution >= 0.6 is 11.6 Å². The van der Waals surface area contributed by atoms with Gasteiger partial charge in [-0.3, -0.25) is 10.2 Å². The van der Waals surface area contributed by atoms with Gasteiger partial charge in [0.25, 0.3) is 11.5 Å². The highest BCUT2D eigenvalue weighted by molar-refractivity contribution is 6.30. The highest BCUT2D eigenvalue weighted by Crippen LogP contribution is 2.51. The largest absolute Gasteiger partial charge is 0.435 e. The second-order valence-electron chi connectivity index (χ2n) is 8.30. The number of carbonyl (C=O) groups excluding carboxylic acids is 2. The summed E-state index contributed by atoms with van der Waals surface area (Å²) >= 11 is 5.50. The van der Waals surface area contributed by atoms with E-state index < -0.39 is 58.3 Å². The van der Waals surface area contributed by atoms with Gasteiger partial charge < -0.3 is 10.2 Å². The van der Waals surface area contributed by atoms with Crippen LogP contribution in [0.5, 0.6) is 0 Å². The van der Waals surface area contributed by atoms with Gasteiger partial charge in [0.05, 0.1) is 29.3 Å². The topological polar surface area (TPSA) is 83.0 Å². The molecule has 2 aromatic rings. The molecule has 0 unspecified atom stereocenters. The molecule has 0 saturated carbocycles. The fourth-order valence-electron chi connectivity index (χ4n) is 3.94. The van der Waals surface area contributed by atoms with Crippen LogP contribution in [0.25, 0.3) is 0 Å². The number of alkyl halides is 6. The fourth-order valence-corrected chi connectivity index (χ4v) is 4.16. The lowest BCUT2D eigenvalue weighted by molar-refractivity contribution is -0.276. The van der Waals surface area contributed by atoms with Crippen LogP contribution in [0, 0.1) is 12.7 Å². The summed E-state index contributed by atoms with van der Waals surface area (Å²) in [6, 6.07) is 3.50. The van der Waals surface area contributed by atoms with Crippen molar-refractivity contribution in [3.05, 3.63) is 69.0 Å². The first-order valence-electron chi connectivity index (χ1n) is 10.5. The van der Waals surface area contributed by atoms with E-state index in [4.69, 9.17) is 11.6 Å². The van der Waals surface area contributed by atoms with Crippen LogP contribution < -0.4 is 10.7 Å². The van der Waals surface area contributed by atoms with Gasteiger partial charge in [0.1, 0.15) is 5.82 Å². The SMILES string of the molecule is Cc1cc(C2=NO[C@](c3cc(C(F)(F)F)cc(Cl)c3F)(C(F)(F)F)C2)ccc1C(=O)NN1CCNC1=O. The second-order valence-corrected chi connectivity index (χ2v) is 8.71. The van der Waals surface area contributed by atoms with Crippen molar-refractivity contribution in [3.8, 4) is 0 Å². The first-order chi connectivity index (χ1) is 17.1.